The van der Waals surface area contributed by atoms with E-state index in [0.29, 0.717) is 13.2 Å². The third-order valence-corrected chi connectivity index (χ3v) is 2.05. The zero-order chi connectivity index (χ0) is 16.6. The van der Waals surface area contributed by atoms with Crippen molar-refractivity contribution in [2.75, 3.05) is 26.4 Å². The van der Waals surface area contributed by atoms with Crippen LogP contribution in [-0.2, 0) is 33.7 Å². The number of hydrogen-bond acceptors (Lipinski definition) is 4. The summed E-state index contributed by atoms with van der Waals surface area (Å²) in [4.78, 5) is 0. The van der Waals surface area contributed by atoms with Crippen molar-refractivity contribution in [3.63, 3.8) is 0 Å². The van der Waals surface area contributed by atoms with E-state index in [2.05, 4.69) is 26.0 Å². The van der Waals surface area contributed by atoms with E-state index in [4.69, 9.17) is 19.7 Å². The smallest absolute Gasteiger partial charge is 0.0876 e. The summed E-state index contributed by atoms with van der Waals surface area (Å²) in [5.41, 5.74) is 0. The van der Waals surface area contributed by atoms with Crippen LogP contribution in [0.5, 0.6) is 0 Å². The van der Waals surface area contributed by atoms with E-state index in [1.165, 1.54) is 3.21 Å². The molecule has 0 saturated heterocycles. The Hall–Kier alpha value is -0.187. The summed E-state index contributed by atoms with van der Waals surface area (Å²) in [5, 5.41) is 16.7. The molecule has 136 valence electrons. The SMILES string of the molecule is C[C](C)=[Zr+2].OCCOC1=CC[C-]=C1.OCCOC1=CC[C-]=C1.[Cl-].[Cl-]. The van der Waals surface area contributed by atoms with Crippen LogP contribution in [0.3, 0.4) is 0 Å². The molecule has 2 aliphatic rings. The number of allylic oxidation sites excluding steroid dienone is 6. The monoisotopic (exact) mass is 452 g/mol. The Morgan fingerprint density at radius 1 is 0.958 bits per heavy atom. The molecule has 0 fully saturated rings. The van der Waals surface area contributed by atoms with Gasteiger partial charge in [-0.15, -0.1) is 25.0 Å². The van der Waals surface area contributed by atoms with Gasteiger partial charge in [-0.2, -0.15) is 12.2 Å². The number of aliphatic hydroxyl groups excluding tert-OH is 2. The number of ether oxygens (including phenoxy) is 2. The molecular weight excluding hydrogens is 430 g/mol. The minimum Gasteiger partial charge on any atom is -1.00 e. The zero-order valence-corrected chi connectivity index (χ0v) is 18.0. The summed E-state index contributed by atoms with van der Waals surface area (Å²) >= 11 is 1.55. The van der Waals surface area contributed by atoms with Crippen LogP contribution in [0.2, 0.25) is 0 Å². The van der Waals surface area contributed by atoms with Gasteiger partial charge in [0.05, 0.1) is 26.4 Å². The Balaban J connectivity index is -0.000000283. The molecule has 0 aromatic carbocycles. The predicted molar refractivity (Wildman–Crippen MR) is 83.5 cm³/mol. The van der Waals surface area contributed by atoms with Crippen molar-refractivity contribution in [2.45, 2.75) is 26.7 Å². The first-order valence-corrected chi connectivity index (χ1v) is 8.35. The van der Waals surface area contributed by atoms with Crippen LogP contribution in [0.25, 0.3) is 0 Å². The summed E-state index contributed by atoms with van der Waals surface area (Å²) in [6.45, 7) is 5.15. The van der Waals surface area contributed by atoms with Crippen LogP contribution >= 0.6 is 0 Å². The molecule has 2 aliphatic carbocycles. The molecule has 0 saturated carbocycles. The van der Waals surface area contributed by atoms with E-state index < -0.39 is 0 Å². The van der Waals surface area contributed by atoms with Gasteiger partial charge in [0.25, 0.3) is 0 Å². The van der Waals surface area contributed by atoms with Gasteiger partial charge >= 0.3 is 41.3 Å². The third-order valence-electron chi connectivity index (χ3n) is 2.05. The molecule has 0 spiro atoms. The van der Waals surface area contributed by atoms with Crippen LogP contribution < -0.4 is 24.8 Å². The first kappa shape index (κ1) is 28.6. The maximum atomic E-state index is 8.34. The standard InChI is InChI=1S/2C7H9O2.C3H6.2ClH.Zr/c2*8-5-6-9-7-3-1-2-4-7;1-3-2;;;/h2*3-4,8H,1,5-6H2;1-2H3;2*1H;/q2*-1;;;;+2/p-2. The van der Waals surface area contributed by atoms with Crippen LogP contribution in [0.15, 0.2) is 35.8 Å². The molecule has 0 bridgehead atoms. The first-order valence-electron chi connectivity index (χ1n) is 7.12. The van der Waals surface area contributed by atoms with E-state index in [0.717, 1.165) is 24.4 Å². The van der Waals surface area contributed by atoms with E-state index in [-0.39, 0.29) is 38.0 Å². The molecule has 0 heterocycles. The van der Waals surface area contributed by atoms with Crippen molar-refractivity contribution in [1.82, 2.24) is 0 Å². The van der Waals surface area contributed by atoms with Gasteiger partial charge in [-0.05, 0) is 11.5 Å². The zero-order valence-electron chi connectivity index (χ0n) is 14.0. The minimum absolute atomic E-state index is 0. The summed E-state index contributed by atoms with van der Waals surface area (Å²) < 4.78 is 11.6. The van der Waals surface area contributed by atoms with E-state index in [9.17, 15) is 0 Å². The molecule has 0 aromatic rings. The van der Waals surface area contributed by atoms with E-state index in [1.54, 1.807) is 36.4 Å². The summed E-state index contributed by atoms with van der Waals surface area (Å²) in [5.74, 6) is 1.65. The van der Waals surface area contributed by atoms with Crippen molar-refractivity contribution in [3.8, 4) is 0 Å². The van der Waals surface area contributed by atoms with Crippen LogP contribution in [-0.4, -0.2) is 39.8 Å². The van der Waals surface area contributed by atoms with Gasteiger partial charge in [-0.3, -0.25) is 12.2 Å². The molecular formula is C17H24Cl2O4Zr-2. The maximum Gasteiger partial charge on any atom is 0.0876 e. The van der Waals surface area contributed by atoms with Crippen molar-refractivity contribution in [3.05, 3.63) is 48.0 Å². The van der Waals surface area contributed by atoms with Gasteiger partial charge in [0.1, 0.15) is 0 Å². The number of hydrogen-bond donors (Lipinski definition) is 2. The third kappa shape index (κ3) is 19.9. The maximum absolute atomic E-state index is 8.34. The number of rotatable bonds is 6. The largest absolute Gasteiger partial charge is 1.00 e. The molecule has 0 aliphatic heterocycles. The Morgan fingerprint density at radius 3 is 1.50 bits per heavy atom. The normalized spacial score (nSPS) is 13.1. The molecule has 0 unspecified atom stereocenters. The van der Waals surface area contributed by atoms with E-state index in [1.807, 2.05) is 12.2 Å². The van der Waals surface area contributed by atoms with Gasteiger partial charge < -0.3 is 44.5 Å². The van der Waals surface area contributed by atoms with Crippen LogP contribution in [0.1, 0.15) is 26.7 Å². The molecule has 24 heavy (non-hydrogen) atoms. The molecule has 4 nitrogen and oxygen atoms in total. The number of aliphatic hydroxyl groups is 2. The predicted octanol–water partition coefficient (Wildman–Crippen LogP) is -3.96. The van der Waals surface area contributed by atoms with Gasteiger partial charge in [0, 0.05) is 0 Å². The molecule has 7 heteroatoms. The Labute approximate surface area is 172 Å². The second kappa shape index (κ2) is 20.9. The fourth-order valence-electron chi connectivity index (χ4n) is 1.28. The van der Waals surface area contributed by atoms with Crippen molar-refractivity contribution < 1.29 is 68.7 Å². The van der Waals surface area contributed by atoms with Crippen LogP contribution in [0, 0.1) is 12.2 Å². The average molecular weight is 455 g/mol. The molecule has 0 amide bonds. The van der Waals surface area contributed by atoms with Gasteiger partial charge in [0.2, 0.25) is 0 Å². The fourth-order valence-corrected chi connectivity index (χ4v) is 1.28. The van der Waals surface area contributed by atoms with Crippen molar-refractivity contribution in [2.24, 2.45) is 0 Å². The molecule has 0 atom stereocenters. The molecule has 0 aromatic heterocycles. The number of halogens is 2. The minimum atomic E-state index is 0. The molecule has 2 rings (SSSR count). The first-order chi connectivity index (χ1) is 10.6. The molecule has 0 radical (unpaired) electrons. The summed E-state index contributed by atoms with van der Waals surface area (Å²) in [6, 6.07) is 0. The summed E-state index contributed by atoms with van der Waals surface area (Å²) in [6.07, 6.45) is 15.0. The topological polar surface area (TPSA) is 58.9 Å². The summed E-state index contributed by atoms with van der Waals surface area (Å²) in [7, 11) is 0. The van der Waals surface area contributed by atoms with E-state index >= 15 is 0 Å². The second-order valence-corrected chi connectivity index (χ2v) is 6.92. The van der Waals surface area contributed by atoms with Gasteiger partial charge in [-0.25, -0.2) is 0 Å². The van der Waals surface area contributed by atoms with Gasteiger partial charge in [0.15, 0.2) is 0 Å². The van der Waals surface area contributed by atoms with Gasteiger partial charge in [-0.1, -0.05) is 0 Å². The Bertz CT molecular complexity index is 394. The second-order valence-electron chi connectivity index (χ2n) is 4.46. The molecule has 2 N–H and O–H groups in total. The quantitative estimate of drug-likeness (QED) is 0.403. The van der Waals surface area contributed by atoms with Crippen LogP contribution in [0.4, 0.5) is 0 Å². The van der Waals surface area contributed by atoms with Crippen molar-refractivity contribution in [1.29, 1.82) is 0 Å². The Kier molecular flexibility index (Phi) is 24.9. The average Bonchev–Trinajstić information content (AvgIpc) is 3.16. The van der Waals surface area contributed by atoms with Crippen molar-refractivity contribution >= 4 is 3.21 Å². The Morgan fingerprint density at radius 2 is 1.29 bits per heavy atom. The fraction of sp³-hybridized carbons (Fsp3) is 0.471.